The lowest BCUT2D eigenvalue weighted by molar-refractivity contribution is 0.0689. The highest BCUT2D eigenvalue weighted by atomic mass is 16.5. The fourth-order valence-corrected chi connectivity index (χ4v) is 2.66. The van der Waals surface area contributed by atoms with Gasteiger partial charge in [0, 0.05) is 12.5 Å². The normalized spacial score (nSPS) is 17.1. The number of rotatable bonds is 4. The van der Waals surface area contributed by atoms with Crippen molar-refractivity contribution in [3.63, 3.8) is 0 Å². The standard InChI is InChI=1S/C14H16N4O3/c15-7-11-13(14(19)20)16-17-18(11)8-9-5-6-21-12-4-2-1-3-10(9)12/h1-4,9H,5-8,15H2,(H,19,20). The Morgan fingerprint density at radius 3 is 3.05 bits per heavy atom. The number of carbonyl (C=O) groups is 1. The first-order valence-corrected chi connectivity index (χ1v) is 6.78. The van der Waals surface area contributed by atoms with Crippen molar-refractivity contribution in [3.05, 3.63) is 41.2 Å². The van der Waals surface area contributed by atoms with Crippen LogP contribution in [0.1, 0.15) is 34.1 Å². The van der Waals surface area contributed by atoms with Crippen LogP contribution in [0.5, 0.6) is 5.75 Å². The van der Waals surface area contributed by atoms with Crippen LogP contribution < -0.4 is 10.5 Å². The third-order valence-electron chi connectivity index (χ3n) is 3.71. The van der Waals surface area contributed by atoms with Crippen LogP contribution >= 0.6 is 0 Å². The number of ether oxygens (including phenoxy) is 1. The van der Waals surface area contributed by atoms with Gasteiger partial charge in [-0.3, -0.25) is 0 Å². The molecule has 1 aliphatic rings. The topological polar surface area (TPSA) is 103 Å². The highest BCUT2D eigenvalue weighted by Crippen LogP contribution is 2.34. The van der Waals surface area contributed by atoms with E-state index in [1.54, 1.807) is 4.68 Å². The Balaban J connectivity index is 1.90. The van der Waals surface area contributed by atoms with Gasteiger partial charge in [-0.15, -0.1) is 5.10 Å². The zero-order valence-corrected chi connectivity index (χ0v) is 11.4. The third-order valence-corrected chi connectivity index (χ3v) is 3.71. The van der Waals surface area contributed by atoms with Crippen LogP contribution in [-0.4, -0.2) is 32.7 Å². The van der Waals surface area contributed by atoms with E-state index < -0.39 is 5.97 Å². The molecule has 0 bridgehead atoms. The number of carboxylic acids is 1. The van der Waals surface area contributed by atoms with Crippen LogP contribution in [0.15, 0.2) is 24.3 Å². The van der Waals surface area contributed by atoms with Crippen molar-refractivity contribution < 1.29 is 14.6 Å². The molecule has 1 atom stereocenters. The monoisotopic (exact) mass is 288 g/mol. The summed E-state index contributed by atoms with van der Waals surface area (Å²) in [6.45, 7) is 1.28. The second kappa shape index (κ2) is 5.53. The maximum atomic E-state index is 11.1. The van der Waals surface area contributed by atoms with E-state index in [1.807, 2.05) is 24.3 Å². The van der Waals surface area contributed by atoms with Crippen LogP contribution in [0.4, 0.5) is 0 Å². The second-order valence-electron chi connectivity index (χ2n) is 4.95. The summed E-state index contributed by atoms with van der Waals surface area (Å²) in [4.78, 5) is 11.1. The molecule has 1 unspecified atom stereocenters. The minimum absolute atomic E-state index is 0.0714. The summed E-state index contributed by atoms with van der Waals surface area (Å²) in [7, 11) is 0. The molecule has 2 aromatic rings. The second-order valence-corrected chi connectivity index (χ2v) is 4.95. The zero-order valence-electron chi connectivity index (χ0n) is 11.4. The molecule has 3 N–H and O–H groups in total. The van der Waals surface area contributed by atoms with Crippen molar-refractivity contribution >= 4 is 5.97 Å². The Kier molecular flexibility index (Phi) is 3.57. The SMILES string of the molecule is NCc1c(C(=O)O)nnn1CC1CCOc2ccccc21. The fraction of sp³-hybridized carbons (Fsp3) is 0.357. The Hall–Kier alpha value is -2.41. The third kappa shape index (κ3) is 2.47. The number of nitrogens with zero attached hydrogens (tertiary/aromatic N) is 3. The van der Waals surface area contributed by atoms with Gasteiger partial charge in [-0.1, -0.05) is 23.4 Å². The van der Waals surface area contributed by atoms with Gasteiger partial charge in [0.2, 0.25) is 0 Å². The highest BCUT2D eigenvalue weighted by Gasteiger charge is 2.24. The van der Waals surface area contributed by atoms with Crippen LogP contribution in [0.3, 0.4) is 0 Å². The van der Waals surface area contributed by atoms with E-state index in [2.05, 4.69) is 10.3 Å². The van der Waals surface area contributed by atoms with Gasteiger partial charge in [0.15, 0.2) is 5.69 Å². The van der Waals surface area contributed by atoms with Crippen molar-refractivity contribution in [2.75, 3.05) is 6.61 Å². The summed E-state index contributed by atoms with van der Waals surface area (Å²) in [6, 6.07) is 7.87. The van der Waals surface area contributed by atoms with Crippen molar-refractivity contribution in [1.82, 2.24) is 15.0 Å². The molecule has 1 aromatic carbocycles. The first-order chi connectivity index (χ1) is 10.2. The Morgan fingerprint density at radius 2 is 2.29 bits per heavy atom. The summed E-state index contributed by atoms with van der Waals surface area (Å²) in [6.07, 6.45) is 0.850. The number of aromatic carboxylic acids is 1. The van der Waals surface area contributed by atoms with Gasteiger partial charge in [-0.25, -0.2) is 9.48 Å². The molecular formula is C14H16N4O3. The molecule has 0 amide bonds. The van der Waals surface area contributed by atoms with Gasteiger partial charge in [-0.2, -0.15) is 0 Å². The highest BCUT2D eigenvalue weighted by molar-refractivity contribution is 5.86. The molecule has 0 fully saturated rings. The molecule has 0 aliphatic carbocycles. The average Bonchev–Trinajstić information content (AvgIpc) is 2.90. The number of fused-ring (bicyclic) bond motifs is 1. The maximum absolute atomic E-state index is 11.1. The van der Waals surface area contributed by atoms with Crippen molar-refractivity contribution in [2.24, 2.45) is 5.73 Å². The molecular weight excluding hydrogens is 272 g/mol. The number of aromatic nitrogens is 3. The number of para-hydroxylation sites is 1. The van der Waals surface area contributed by atoms with Crippen LogP contribution in [0.25, 0.3) is 0 Å². The molecule has 0 radical (unpaired) electrons. The van der Waals surface area contributed by atoms with E-state index in [-0.39, 0.29) is 18.2 Å². The van der Waals surface area contributed by atoms with Gasteiger partial charge < -0.3 is 15.6 Å². The van der Waals surface area contributed by atoms with E-state index in [1.165, 1.54) is 0 Å². The van der Waals surface area contributed by atoms with Crippen LogP contribution in [0, 0.1) is 0 Å². The lowest BCUT2D eigenvalue weighted by atomic mass is 9.93. The molecule has 110 valence electrons. The number of benzene rings is 1. The molecule has 21 heavy (non-hydrogen) atoms. The fourth-order valence-electron chi connectivity index (χ4n) is 2.66. The smallest absolute Gasteiger partial charge is 0.358 e. The van der Waals surface area contributed by atoms with E-state index in [0.29, 0.717) is 18.8 Å². The van der Waals surface area contributed by atoms with Crippen molar-refractivity contribution in [3.8, 4) is 5.75 Å². The summed E-state index contributed by atoms with van der Waals surface area (Å²) >= 11 is 0. The minimum Gasteiger partial charge on any atom is -0.493 e. The van der Waals surface area contributed by atoms with Crippen LogP contribution in [0.2, 0.25) is 0 Å². The summed E-state index contributed by atoms with van der Waals surface area (Å²) in [5.41, 5.74) is 7.13. The molecule has 0 spiro atoms. The van der Waals surface area contributed by atoms with Gasteiger partial charge in [0.25, 0.3) is 0 Å². The molecule has 0 saturated heterocycles. The first-order valence-electron chi connectivity index (χ1n) is 6.78. The summed E-state index contributed by atoms with van der Waals surface area (Å²) < 4.78 is 7.22. The molecule has 1 aliphatic heterocycles. The van der Waals surface area contributed by atoms with E-state index in [4.69, 9.17) is 15.6 Å². The number of carboxylic acid groups (broad SMARTS) is 1. The van der Waals surface area contributed by atoms with Gasteiger partial charge in [0.1, 0.15) is 5.75 Å². The first kappa shape index (κ1) is 13.6. The molecule has 7 heteroatoms. The lowest BCUT2D eigenvalue weighted by Crippen LogP contribution is -2.21. The summed E-state index contributed by atoms with van der Waals surface area (Å²) in [5, 5.41) is 16.7. The largest absolute Gasteiger partial charge is 0.493 e. The van der Waals surface area contributed by atoms with E-state index in [0.717, 1.165) is 17.7 Å². The minimum atomic E-state index is -1.10. The van der Waals surface area contributed by atoms with E-state index in [9.17, 15) is 4.79 Å². The molecule has 0 saturated carbocycles. The Morgan fingerprint density at radius 1 is 1.48 bits per heavy atom. The van der Waals surface area contributed by atoms with Crippen molar-refractivity contribution in [2.45, 2.75) is 25.4 Å². The van der Waals surface area contributed by atoms with E-state index >= 15 is 0 Å². The van der Waals surface area contributed by atoms with Crippen LogP contribution in [-0.2, 0) is 13.1 Å². The lowest BCUT2D eigenvalue weighted by Gasteiger charge is -2.26. The molecule has 7 nitrogen and oxygen atoms in total. The molecule has 3 rings (SSSR count). The van der Waals surface area contributed by atoms with Gasteiger partial charge >= 0.3 is 5.97 Å². The Bertz CT molecular complexity index is 668. The number of hydrogen-bond donors (Lipinski definition) is 2. The summed E-state index contributed by atoms with van der Waals surface area (Å²) in [5.74, 6) is -0.0145. The quantitative estimate of drug-likeness (QED) is 0.870. The molecule has 1 aromatic heterocycles. The molecule has 2 heterocycles. The average molecular weight is 288 g/mol. The number of nitrogens with two attached hydrogens (primary N) is 1. The predicted molar refractivity (Wildman–Crippen MR) is 74.2 cm³/mol. The van der Waals surface area contributed by atoms with Gasteiger partial charge in [-0.05, 0) is 18.1 Å². The van der Waals surface area contributed by atoms with Crippen molar-refractivity contribution in [1.29, 1.82) is 0 Å². The number of hydrogen-bond acceptors (Lipinski definition) is 5. The zero-order chi connectivity index (χ0) is 14.8. The Labute approximate surface area is 121 Å². The predicted octanol–water partition coefficient (Wildman–Crippen LogP) is 1.00. The van der Waals surface area contributed by atoms with Gasteiger partial charge in [0.05, 0.1) is 18.8 Å². The maximum Gasteiger partial charge on any atom is 0.358 e.